The average Bonchev–Trinajstić information content (AvgIpc) is 1.59. The highest BCUT2D eigenvalue weighted by Crippen LogP contribution is 2.49. The van der Waals surface area contributed by atoms with Gasteiger partial charge in [0.05, 0.1) is 61.4 Å². The highest BCUT2D eigenvalue weighted by molar-refractivity contribution is 5.90. The zero-order chi connectivity index (χ0) is 82.5. The maximum atomic E-state index is 12.8. The van der Waals surface area contributed by atoms with Crippen molar-refractivity contribution in [3.05, 3.63) is 72.7 Å². The van der Waals surface area contributed by atoms with Gasteiger partial charge in [0.2, 0.25) is 17.8 Å². The van der Waals surface area contributed by atoms with E-state index in [-0.39, 0.29) is 41.6 Å². The van der Waals surface area contributed by atoms with Crippen molar-refractivity contribution in [2.24, 2.45) is 11.8 Å². The van der Waals surface area contributed by atoms with Crippen molar-refractivity contribution in [2.45, 2.75) is 192 Å². The van der Waals surface area contributed by atoms with Crippen LogP contribution in [-0.4, -0.2) is 217 Å². The predicted octanol–water partition coefficient (Wildman–Crippen LogP) is 8.30. The number of nitrogen functional groups attached to an aromatic ring is 4. The van der Waals surface area contributed by atoms with E-state index in [0.29, 0.717) is 135 Å². The van der Waals surface area contributed by atoms with E-state index in [2.05, 4.69) is 94.1 Å². The van der Waals surface area contributed by atoms with Gasteiger partial charge in [0.15, 0.2) is 103 Å². The molecule has 12 aromatic heterocycles. The molecule has 11 aliphatic rings. The Morgan fingerprint density at radius 3 is 1.40 bits per heavy atom. The number of nitrogens with zero attached hydrogens (tertiary/aromatic N) is 26. The lowest BCUT2D eigenvalue weighted by Crippen LogP contribution is -2.52. The molecule has 3 saturated carbocycles. The molecule has 12 aromatic rings. The van der Waals surface area contributed by atoms with Gasteiger partial charge in [-0.1, -0.05) is 0 Å². The molecule has 119 heavy (non-hydrogen) atoms. The highest BCUT2D eigenvalue weighted by atomic mass is 19.3. The molecule has 7 fully saturated rings. The van der Waals surface area contributed by atoms with E-state index in [9.17, 15) is 8.78 Å². The number of imidazole rings is 4. The molecule has 40 heteroatoms. The van der Waals surface area contributed by atoms with Crippen molar-refractivity contribution >= 4 is 91.6 Å². The number of rotatable bonds is 13. The Hall–Kier alpha value is -11.6. The Morgan fingerprint density at radius 2 is 0.924 bits per heavy atom. The number of anilines is 8. The molecule has 4 bridgehead atoms. The maximum Gasteiger partial charge on any atom is 0.387 e. The zero-order valence-corrected chi connectivity index (χ0v) is 68.1. The number of aromatic nitrogens is 23. The number of hydrogen-bond acceptors (Lipinski definition) is 34. The van der Waals surface area contributed by atoms with Crippen LogP contribution in [0.3, 0.4) is 0 Å². The number of hydrogen-bond donors (Lipinski definition) is 5. The fourth-order valence-electron chi connectivity index (χ4n) is 17.7. The molecule has 38 nitrogen and oxygen atoms in total. The van der Waals surface area contributed by atoms with Gasteiger partial charge in [0, 0.05) is 133 Å². The lowest BCUT2D eigenvalue weighted by atomic mass is 9.86. The number of nitrogens with two attached hydrogens (primary N) is 4. The summed E-state index contributed by atoms with van der Waals surface area (Å²) in [7, 11) is 3.48. The van der Waals surface area contributed by atoms with E-state index in [1.165, 1.54) is 31.5 Å². The predicted molar refractivity (Wildman–Crippen MR) is 435 cm³/mol. The molecule has 0 aromatic carbocycles. The second-order valence-corrected chi connectivity index (χ2v) is 34.0. The molecule has 622 valence electrons. The molecule has 0 spiro atoms. The summed E-state index contributed by atoms with van der Waals surface area (Å²) < 4.78 is 73.6. The smallest absolute Gasteiger partial charge is 0.387 e. The van der Waals surface area contributed by atoms with Crippen LogP contribution in [0, 0.1) is 11.8 Å². The maximum absolute atomic E-state index is 12.8. The first-order valence-corrected chi connectivity index (χ1v) is 40.4. The second-order valence-electron chi connectivity index (χ2n) is 34.0. The van der Waals surface area contributed by atoms with Crippen LogP contribution in [0.1, 0.15) is 137 Å². The summed E-state index contributed by atoms with van der Waals surface area (Å²) in [6, 6.07) is 2.89. The van der Waals surface area contributed by atoms with Crippen LogP contribution >= 0.6 is 0 Å². The quantitative estimate of drug-likeness (QED) is 0.0724. The van der Waals surface area contributed by atoms with Crippen LogP contribution in [0.15, 0.2) is 49.4 Å². The number of nitrogens with one attached hydrogen (secondary N) is 1. The molecule has 9 N–H and O–H groups in total. The van der Waals surface area contributed by atoms with Gasteiger partial charge in [-0.2, -0.15) is 8.78 Å². The average molecular weight is 1630 g/mol. The fraction of sp³-hybridized carbons (Fsp3) is 0.532. The number of methoxy groups -OCH3 is 2. The van der Waals surface area contributed by atoms with Gasteiger partial charge < -0.3 is 94.4 Å². The number of piperidine rings is 1. The van der Waals surface area contributed by atoms with Gasteiger partial charge >= 0.3 is 6.61 Å². The number of fused-ring (bicyclic) bond motifs is 15. The van der Waals surface area contributed by atoms with E-state index in [0.717, 1.165) is 136 Å². The third-order valence-corrected chi connectivity index (χ3v) is 24.4. The van der Waals surface area contributed by atoms with Crippen molar-refractivity contribution in [3.63, 3.8) is 0 Å². The molecular formula is C79H95F2N31O7. The van der Waals surface area contributed by atoms with Crippen molar-refractivity contribution in [1.82, 2.24) is 113 Å². The molecule has 4 saturated heterocycles. The standard InChI is InChI=1S/C21H26N8O2.C20H23F2N7O3.C20H24N8O.C18H22N8O/c1-21(2)19-25-15-17(28(19)4-5-31-21)26-16(12-8-23-20(22)24-9-12)27-18(15)29-10-11-6-13(29)7-14(11)30-3;1-20(2)18-25-13-16(28-8-11(9-28)30-3)26-15(27-17(13)29(18)4-5-31-20)10-6-12(32-19(21)22)14(23)24-7-10;1-10-9-29-20(2,3)18-24-14-16(27-8-11-4-13(27)5-11)25-15(26-17(14)28(10)18)12-6-22-19(21)23-7-12;1-18(2)16-23-12-14(22-11-4-3-5-11)24-13(10-8-20-17(19)21-9-10)25-15(12)26(16)6-7-27-18/h8-9,11,13-14H,4-7,10H2,1-3H3,(H2,22,23,24);6-7,11,19H,4-5,8-9H2,1-3H3,(H2,23,24);6-7,10-11,13H,4-5,8-9H2,1-3H3,(H2,21,22,23);8-9,11H,3-7H2,1-2H3,(H2,19,20,21)(H,22,24,25)/t11?,13?,14-;;10-,11?,13?;/m1.0./s1. The minimum absolute atomic E-state index is 0.102. The third-order valence-electron chi connectivity index (χ3n) is 24.4. The van der Waals surface area contributed by atoms with Gasteiger partial charge in [-0.15, -0.1) is 0 Å². The lowest BCUT2D eigenvalue weighted by molar-refractivity contribution is -0.0655. The molecule has 20 heterocycles. The lowest BCUT2D eigenvalue weighted by Gasteiger charge is -2.39. The fourth-order valence-corrected chi connectivity index (χ4v) is 17.7. The van der Waals surface area contributed by atoms with E-state index < -0.39 is 29.0 Å². The largest absolute Gasteiger partial charge is 0.431 e. The van der Waals surface area contributed by atoms with Crippen LogP contribution in [0.25, 0.3) is 90.2 Å². The van der Waals surface area contributed by atoms with Crippen molar-refractivity contribution < 1.29 is 41.9 Å². The van der Waals surface area contributed by atoms with Crippen molar-refractivity contribution in [1.29, 1.82) is 0 Å². The molecule has 23 rings (SSSR count). The first kappa shape index (κ1) is 77.3. The summed E-state index contributed by atoms with van der Waals surface area (Å²) in [5.74, 6) is 10.3. The highest BCUT2D eigenvalue weighted by Gasteiger charge is 2.49. The Morgan fingerprint density at radius 1 is 0.479 bits per heavy atom. The zero-order valence-electron chi connectivity index (χ0n) is 68.1. The van der Waals surface area contributed by atoms with Crippen LogP contribution in [0.5, 0.6) is 5.75 Å². The number of halogens is 2. The minimum Gasteiger partial charge on any atom is -0.431 e. The van der Waals surface area contributed by atoms with E-state index >= 15 is 0 Å². The van der Waals surface area contributed by atoms with Crippen LogP contribution < -0.4 is 47.7 Å². The van der Waals surface area contributed by atoms with Gasteiger partial charge in [0.25, 0.3) is 0 Å². The molecular weight excluding hydrogens is 1530 g/mol. The Balaban J connectivity index is 0.000000105. The SMILES string of the molecule is CC1(C)OCCn2c1nc1c(NC3CCC3)nc(-c3cnc(N)nc3)nc12.COC1CN(c2nc(-c3cnc(N)c(OC(F)F)c3)nc3c2nc2n3CCOC2(C)C)C1.CO[C@@H]1CC2CC1CN2c1nc(-c2cnc(N)nc2)nc2c1nc1n2CCOC1(C)C.C[C@H]1COC(C)(C)c2nc3c(N4CC5CC4C5)nc(-c4cnc(N)nc4)nc3n21. The van der Waals surface area contributed by atoms with Crippen LogP contribution in [0.4, 0.5) is 55.7 Å². The number of pyridine rings is 1. The Bertz CT molecular complexity index is 5890. The van der Waals surface area contributed by atoms with Crippen LogP contribution in [0.2, 0.25) is 0 Å². The molecule has 0 radical (unpaired) electrons. The van der Waals surface area contributed by atoms with Gasteiger partial charge in [-0.05, 0) is 119 Å². The van der Waals surface area contributed by atoms with Gasteiger partial charge in [-0.25, -0.2) is 94.7 Å². The Kier molecular flexibility index (Phi) is 19.1. The summed E-state index contributed by atoms with van der Waals surface area (Å²) >= 11 is 0. The first-order valence-electron chi connectivity index (χ1n) is 40.4. The molecule has 0 amide bonds. The van der Waals surface area contributed by atoms with Crippen LogP contribution in [-0.2, 0) is 70.5 Å². The van der Waals surface area contributed by atoms with Crippen molar-refractivity contribution in [3.8, 4) is 51.3 Å². The normalized spacial score (nSPS) is 22.7. The summed E-state index contributed by atoms with van der Waals surface area (Å²) in [6.07, 6.45) is 20.0. The molecule has 3 aliphatic carbocycles. The van der Waals surface area contributed by atoms with E-state index in [1.54, 1.807) is 44.3 Å². The van der Waals surface area contributed by atoms with Gasteiger partial charge in [0.1, 0.15) is 45.7 Å². The summed E-state index contributed by atoms with van der Waals surface area (Å²) in [6.45, 7) is 23.0. The van der Waals surface area contributed by atoms with E-state index in [1.807, 2.05) is 53.2 Å². The van der Waals surface area contributed by atoms with Gasteiger partial charge in [-0.3, -0.25) is 0 Å². The summed E-state index contributed by atoms with van der Waals surface area (Å²) in [5, 5.41) is 3.55. The second kappa shape index (κ2) is 29.4. The molecule has 2 unspecified atom stereocenters. The van der Waals surface area contributed by atoms with Crippen molar-refractivity contribution in [2.75, 3.05) is 110 Å². The molecule has 8 aliphatic heterocycles. The first-order chi connectivity index (χ1) is 57.1. The monoisotopic (exact) mass is 1630 g/mol. The number of ether oxygens (including phenoxy) is 7. The number of alkyl halides is 2. The topological polar surface area (TPSA) is 455 Å². The molecule has 4 atom stereocenters. The summed E-state index contributed by atoms with van der Waals surface area (Å²) in [5.41, 5.74) is 29.6. The third kappa shape index (κ3) is 13.9. The minimum atomic E-state index is -3.02. The summed E-state index contributed by atoms with van der Waals surface area (Å²) in [4.78, 5) is 94.0. The Labute approximate surface area is 681 Å². The van der Waals surface area contributed by atoms with E-state index in [4.69, 9.17) is 111 Å².